The second-order valence-corrected chi connectivity index (χ2v) is 9.00. The highest BCUT2D eigenvalue weighted by Crippen LogP contribution is 2.43. The van der Waals surface area contributed by atoms with Gasteiger partial charge in [-0.05, 0) is 60.6 Å². The third kappa shape index (κ3) is 6.47. The maximum absolute atomic E-state index is 14.0. The smallest absolute Gasteiger partial charge is 0.152 e. The van der Waals surface area contributed by atoms with Gasteiger partial charge in [0, 0.05) is 41.2 Å². The van der Waals surface area contributed by atoms with Crippen LogP contribution >= 0.6 is 0 Å². The fourth-order valence-electron chi connectivity index (χ4n) is 4.05. The lowest BCUT2D eigenvalue weighted by atomic mass is 9.86. The van der Waals surface area contributed by atoms with E-state index in [1.54, 1.807) is 12.1 Å². The molecule has 1 aromatic carbocycles. The van der Waals surface area contributed by atoms with Crippen molar-refractivity contribution in [3.05, 3.63) is 65.4 Å². The molecule has 0 saturated heterocycles. The molecule has 1 fully saturated rings. The van der Waals surface area contributed by atoms with Gasteiger partial charge in [-0.15, -0.1) is 0 Å². The number of carbonyl (C=O) groups excluding carboxylic acids is 2. The van der Waals surface area contributed by atoms with Crippen molar-refractivity contribution >= 4 is 30.8 Å². The Morgan fingerprint density at radius 1 is 1.06 bits per heavy atom. The van der Waals surface area contributed by atoms with Crippen molar-refractivity contribution in [1.82, 2.24) is 15.2 Å². The van der Waals surface area contributed by atoms with Crippen LogP contribution in [0, 0.1) is 5.82 Å². The molecule has 176 valence electrons. The summed E-state index contributed by atoms with van der Waals surface area (Å²) in [5.74, 6) is 1.08. The normalized spacial score (nSPS) is 17.3. The molecule has 4 N–H and O–H groups in total. The largest absolute Gasteiger partial charge is 0.399 e. The Hall–Kier alpha value is -3.55. The lowest BCUT2D eigenvalue weighted by molar-refractivity contribution is -0.0987. The monoisotopic (exact) mass is 453 g/mol. The van der Waals surface area contributed by atoms with E-state index < -0.39 is 0 Å². The zero-order valence-electron chi connectivity index (χ0n) is 19.4. The Labute approximate surface area is 194 Å². The Morgan fingerprint density at radius 3 is 2.42 bits per heavy atom. The quantitative estimate of drug-likeness (QED) is 0.465. The Balaban J connectivity index is 0.000000914. The molecule has 2 aromatic heterocycles. The van der Waals surface area contributed by atoms with Gasteiger partial charge >= 0.3 is 0 Å². The number of nitrogens with two attached hydrogens (primary N) is 1. The van der Waals surface area contributed by atoms with Crippen molar-refractivity contribution in [2.24, 2.45) is 0 Å². The lowest BCUT2D eigenvalue weighted by Crippen LogP contribution is -2.12. The molecule has 0 aliphatic heterocycles. The minimum Gasteiger partial charge on any atom is -0.399 e. The summed E-state index contributed by atoms with van der Waals surface area (Å²) in [5.41, 5.74) is 10.1. The second-order valence-electron chi connectivity index (χ2n) is 9.00. The van der Waals surface area contributed by atoms with Gasteiger partial charge in [0.05, 0.1) is 5.69 Å². The first-order chi connectivity index (χ1) is 15.8. The summed E-state index contributed by atoms with van der Waals surface area (Å²) in [6, 6.07) is 10.9. The number of anilines is 3. The van der Waals surface area contributed by atoms with Crippen molar-refractivity contribution in [1.29, 1.82) is 0 Å². The van der Waals surface area contributed by atoms with Crippen LogP contribution in [0.5, 0.6) is 0 Å². The molecule has 2 atom stereocenters. The molecular weight excluding hydrogens is 421 g/mol. The molecular formula is C25H32FN5O2. The average Bonchev–Trinajstić information content (AvgIpc) is 3.48. The van der Waals surface area contributed by atoms with Crippen LogP contribution in [-0.4, -0.2) is 28.8 Å². The molecule has 1 aliphatic rings. The molecule has 1 aliphatic carbocycles. The van der Waals surface area contributed by atoms with Crippen LogP contribution in [0.3, 0.4) is 0 Å². The summed E-state index contributed by atoms with van der Waals surface area (Å²) in [7, 11) is 0. The van der Waals surface area contributed by atoms with Gasteiger partial charge in [-0.2, -0.15) is 5.10 Å². The summed E-state index contributed by atoms with van der Waals surface area (Å²) in [6.07, 6.45) is 5.17. The zero-order valence-corrected chi connectivity index (χ0v) is 19.4. The van der Waals surface area contributed by atoms with E-state index in [0.717, 1.165) is 25.0 Å². The summed E-state index contributed by atoms with van der Waals surface area (Å²) in [6.45, 7) is 10.7. The second kappa shape index (κ2) is 11.4. The number of rotatable bonds is 4. The number of hydrogen-bond donors (Lipinski definition) is 3. The molecule has 0 spiro atoms. The number of hydrogen-bond acceptors (Lipinski definition) is 6. The maximum atomic E-state index is 14.0. The first-order valence-electron chi connectivity index (χ1n) is 10.7. The minimum atomic E-state index is -0.389. The molecule has 0 radical (unpaired) electrons. The van der Waals surface area contributed by atoms with Crippen molar-refractivity contribution in [2.75, 3.05) is 11.1 Å². The lowest BCUT2D eigenvalue weighted by Gasteiger charge is -2.20. The number of benzene rings is 1. The van der Waals surface area contributed by atoms with Crippen LogP contribution in [0.15, 0.2) is 42.6 Å². The fraction of sp³-hybridized carbons (Fsp3) is 0.360. The summed E-state index contributed by atoms with van der Waals surface area (Å²) in [5, 5.41) is 10.5. The van der Waals surface area contributed by atoms with Gasteiger partial charge in [-0.3, -0.25) is 10.1 Å². The summed E-state index contributed by atoms with van der Waals surface area (Å²) in [4.78, 5) is 20.7. The Kier molecular flexibility index (Phi) is 8.85. The van der Waals surface area contributed by atoms with Gasteiger partial charge in [-0.25, -0.2) is 4.39 Å². The molecule has 8 heteroatoms. The van der Waals surface area contributed by atoms with E-state index in [1.807, 2.05) is 25.8 Å². The van der Waals surface area contributed by atoms with Crippen LogP contribution in [0.25, 0.3) is 0 Å². The highest BCUT2D eigenvalue weighted by Gasteiger charge is 2.30. The standard InChI is InChI=1S/C23H28FN5.2CH2O/c1-23(2,3)16-8-9-26-20(11-16)14-4-5-15(10-14)21-13-22(29-28-21)27-19-7-6-17(25)12-18(19)24;2*1-2/h6-9,11-15H,4-5,10,25H2,1-3H3,(H2,27,28,29);2*1H2. The first kappa shape index (κ1) is 25.7. The van der Waals surface area contributed by atoms with Crippen molar-refractivity contribution in [2.45, 2.75) is 57.3 Å². The van der Waals surface area contributed by atoms with E-state index in [2.05, 4.69) is 53.4 Å². The number of nitrogens with one attached hydrogen (secondary N) is 2. The molecule has 0 bridgehead atoms. The van der Waals surface area contributed by atoms with E-state index in [-0.39, 0.29) is 11.2 Å². The topological polar surface area (TPSA) is 114 Å². The zero-order chi connectivity index (χ0) is 24.6. The van der Waals surface area contributed by atoms with Crippen LogP contribution < -0.4 is 11.1 Å². The Bertz CT molecular complexity index is 1050. The van der Waals surface area contributed by atoms with Crippen molar-refractivity contribution < 1.29 is 14.0 Å². The number of aromatic nitrogens is 3. The SMILES string of the molecule is C=O.C=O.CC(C)(C)c1ccnc(C2CCC(c3cc(Nc4ccc(N)cc4F)n[nH]3)C2)c1. The van der Waals surface area contributed by atoms with Gasteiger partial charge in [0.2, 0.25) is 0 Å². The molecule has 33 heavy (non-hydrogen) atoms. The number of H-pyrrole nitrogens is 1. The molecule has 2 unspecified atom stereocenters. The van der Waals surface area contributed by atoms with Gasteiger partial charge in [0.15, 0.2) is 5.82 Å². The molecule has 0 amide bonds. The maximum Gasteiger partial charge on any atom is 0.152 e. The predicted molar refractivity (Wildman–Crippen MR) is 129 cm³/mol. The molecule has 7 nitrogen and oxygen atoms in total. The molecule has 4 rings (SSSR count). The van der Waals surface area contributed by atoms with E-state index >= 15 is 0 Å². The number of nitrogens with zero attached hydrogens (tertiary/aromatic N) is 2. The van der Waals surface area contributed by atoms with Gasteiger partial charge < -0.3 is 20.6 Å². The third-order valence-electron chi connectivity index (χ3n) is 5.79. The number of aromatic amines is 1. The third-order valence-corrected chi connectivity index (χ3v) is 5.79. The molecule has 2 heterocycles. The number of nitrogen functional groups attached to an aromatic ring is 1. The fourth-order valence-corrected chi connectivity index (χ4v) is 4.05. The van der Waals surface area contributed by atoms with E-state index in [4.69, 9.17) is 15.3 Å². The highest BCUT2D eigenvalue weighted by atomic mass is 19.1. The summed E-state index contributed by atoms with van der Waals surface area (Å²) >= 11 is 0. The highest BCUT2D eigenvalue weighted by molar-refractivity contribution is 5.60. The minimum absolute atomic E-state index is 0.122. The number of pyridine rings is 1. The van der Waals surface area contributed by atoms with Gasteiger partial charge in [0.25, 0.3) is 0 Å². The van der Waals surface area contributed by atoms with Crippen LogP contribution in [-0.2, 0) is 15.0 Å². The van der Waals surface area contributed by atoms with E-state index in [0.29, 0.717) is 29.0 Å². The number of carbonyl (C=O) groups is 2. The first-order valence-corrected chi connectivity index (χ1v) is 10.7. The average molecular weight is 454 g/mol. The van der Waals surface area contributed by atoms with Crippen LogP contribution in [0.4, 0.5) is 21.6 Å². The van der Waals surface area contributed by atoms with Crippen molar-refractivity contribution in [3.8, 4) is 0 Å². The number of halogens is 1. The van der Waals surface area contributed by atoms with Crippen molar-refractivity contribution in [3.63, 3.8) is 0 Å². The van der Waals surface area contributed by atoms with E-state index in [1.165, 1.54) is 17.3 Å². The summed E-state index contributed by atoms with van der Waals surface area (Å²) < 4.78 is 14.0. The molecule has 3 aromatic rings. The van der Waals surface area contributed by atoms with Crippen LogP contribution in [0.1, 0.15) is 68.8 Å². The van der Waals surface area contributed by atoms with E-state index in [9.17, 15) is 4.39 Å². The van der Waals surface area contributed by atoms with Gasteiger partial charge in [-0.1, -0.05) is 20.8 Å². The Morgan fingerprint density at radius 2 is 1.76 bits per heavy atom. The molecule has 1 saturated carbocycles. The van der Waals surface area contributed by atoms with Crippen LogP contribution in [0.2, 0.25) is 0 Å². The van der Waals surface area contributed by atoms with Gasteiger partial charge in [0.1, 0.15) is 19.4 Å². The predicted octanol–water partition coefficient (Wildman–Crippen LogP) is 5.25.